The van der Waals surface area contributed by atoms with Crippen molar-refractivity contribution in [3.8, 4) is 0 Å². The van der Waals surface area contributed by atoms with E-state index < -0.39 is 41.4 Å². The number of hydrazine groups is 1. The molecule has 0 saturated carbocycles. The molecule has 2 aliphatic rings. The predicted octanol–water partition coefficient (Wildman–Crippen LogP) is 4.82. The molecule has 2 aromatic carbocycles. The van der Waals surface area contributed by atoms with Gasteiger partial charge in [0.2, 0.25) is 0 Å². The van der Waals surface area contributed by atoms with E-state index in [2.05, 4.69) is 0 Å². The van der Waals surface area contributed by atoms with Crippen molar-refractivity contribution in [1.82, 2.24) is 10.0 Å². The van der Waals surface area contributed by atoms with Crippen LogP contribution in [0.5, 0.6) is 0 Å². The van der Waals surface area contributed by atoms with Crippen molar-refractivity contribution in [3.63, 3.8) is 0 Å². The quantitative estimate of drug-likeness (QED) is 0.346. The highest BCUT2D eigenvalue weighted by molar-refractivity contribution is 6.36. The number of hydrogen-bond donors (Lipinski definition) is 0. The molecule has 33 heavy (non-hydrogen) atoms. The molecule has 0 spiro atoms. The van der Waals surface area contributed by atoms with Crippen LogP contribution in [-0.2, 0) is 9.59 Å². The average molecular weight is 485 g/mol. The minimum atomic E-state index is -1.14. The van der Waals surface area contributed by atoms with Gasteiger partial charge in [-0.05, 0) is 37.5 Å². The lowest BCUT2D eigenvalue weighted by atomic mass is 9.78. The van der Waals surface area contributed by atoms with Gasteiger partial charge in [0.25, 0.3) is 17.7 Å². The van der Waals surface area contributed by atoms with E-state index in [-0.39, 0.29) is 16.5 Å². The molecule has 6 nitrogen and oxygen atoms in total. The lowest BCUT2D eigenvalue weighted by Crippen LogP contribution is -2.56. The molecule has 1 saturated heterocycles. The Balaban J connectivity index is 1.79. The summed E-state index contributed by atoms with van der Waals surface area (Å²) in [6, 6.07) is 11.6. The largest absolute Gasteiger partial charge is 0.292 e. The number of allylic oxidation sites excluding steroid dienone is 2. The summed E-state index contributed by atoms with van der Waals surface area (Å²) in [7, 11) is 0. The van der Waals surface area contributed by atoms with E-state index >= 15 is 0 Å². The van der Waals surface area contributed by atoms with Crippen molar-refractivity contribution in [2.24, 2.45) is 17.8 Å². The SMILES string of the molecule is C[C@@H]1C=CC[C@@H]2C(=O)N(N(C(=O)c3ccc(Cl)cc3Cl)[C@H](C)C(=O)c3ccccc3)C(=O)[C@H]12. The molecule has 170 valence electrons. The number of hydrogen-bond acceptors (Lipinski definition) is 4. The molecule has 8 heteroatoms. The fourth-order valence-corrected chi connectivity index (χ4v) is 5.01. The van der Waals surface area contributed by atoms with E-state index in [1.54, 1.807) is 30.3 Å². The molecule has 4 rings (SSSR count). The Labute approximate surface area is 201 Å². The zero-order valence-corrected chi connectivity index (χ0v) is 19.6. The summed E-state index contributed by atoms with van der Waals surface area (Å²) < 4.78 is 0. The van der Waals surface area contributed by atoms with Crippen LogP contribution >= 0.6 is 23.2 Å². The van der Waals surface area contributed by atoms with Gasteiger partial charge < -0.3 is 0 Å². The minimum absolute atomic E-state index is 0.0374. The fraction of sp³-hybridized carbons (Fsp3) is 0.280. The van der Waals surface area contributed by atoms with E-state index in [0.29, 0.717) is 17.0 Å². The van der Waals surface area contributed by atoms with Crippen LogP contribution < -0.4 is 0 Å². The fourth-order valence-electron chi connectivity index (χ4n) is 4.52. The number of ketones is 1. The molecule has 1 heterocycles. The molecule has 1 aliphatic carbocycles. The monoisotopic (exact) mass is 484 g/mol. The number of carbonyl (C=O) groups is 4. The number of nitrogens with zero attached hydrogens (tertiary/aromatic N) is 2. The van der Waals surface area contributed by atoms with Crippen molar-refractivity contribution in [1.29, 1.82) is 0 Å². The van der Waals surface area contributed by atoms with Gasteiger partial charge in [0.1, 0.15) is 6.04 Å². The summed E-state index contributed by atoms with van der Waals surface area (Å²) in [5.41, 5.74) is 0.395. The van der Waals surface area contributed by atoms with Crippen LogP contribution in [-0.4, -0.2) is 39.6 Å². The summed E-state index contributed by atoms with van der Waals surface area (Å²) in [6.45, 7) is 3.37. The number of halogens is 2. The Morgan fingerprint density at radius 3 is 2.39 bits per heavy atom. The third-order valence-corrected chi connectivity index (χ3v) is 6.79. The second kappa shape index (κ2) is 9.12. The average Bonchev–Trinajstić information content (AvgIpc) is 3.05. The number of Topliss-reactive ketones (excluding diaryl/α,β-unsaturated/α-hetero) is 1. The molecule has 1 aliphatic heterocycles. The second-order valence-corrected chi connectivity index (χ2v) is 9.17. The molecule has 0 aromatic heterocycles. The zero-order valence-electron chi connectivity index (χ0n) is 18.1. The summed E-state index contributed by atoms with van der Waals surface area (Å²) in [5, 5.41) is 2.21. The minimum Gasteiger partial charge on any atom is -0.292 e. The molecule has 3 amide bonds. The van der Waals surface area contributed by atoms with Gasteiger partial charge in [0.15, 0.2) is 5.78 Å². The van der Waals surface area contributed by atoms with Gasteiger partial charge >= 0.3 is 0 Å². The van der Waals surface area contributed by atoms with Crippen LogP contribution in [0.4, 0.5) is 0 Å². The van der Waals surface area contributed by atoms with Crippen LogP contribution in [0.1, 0.15) is 41.0 Å². The van der Waals surface area contributed by atoms with Crippen LogP contribution in [0.2, 0.25) is 10.0 Å². The van der Waals surface area contributed by atoms with E-state index in [0.717, 1.165) is 10.0 Å². The lowest BCUT2D eigenvalue weighted by Gasteiger charge is -2.35. The third-order valence-electron chi connectivity index (χ3n) is 6.24. The highest BCUT2D eigenvalue weighted by Gasteiger charge is 2.54. The molecule has 0 unspecified atom stereocenters. The maximum absolute atomic E-state index is 13.7. The third kappa shape index (κ3) is 4.09. The van der Waals surface area contributed by atoms with E-state index in [1.165, 1.54) is 25.1 Å². The number of imide groups is 1. The molecule has 0 bridgehead atoms. The number of amides is 3. The van der Waals surface area contributed by atoms with Gasteiger partial charge in [0, 0.05) is 10.6 Å². The maximum Gasteiger partial charge on any atom is 0.275 e. The smallest absolute Gasteiger partial charge is 0.275 e. The number of carbonyl (C=O) groups excluding carboxylic acids is 4. The molecular weight excluding hydrogens is 463 g/mol. The van der Waals surface area contributed by atoms with Gasteiger partial charge in [-0.15, -0.1) is 0 Å². The molecule has 2 aromatic rings. The standard InChI is InChI=1S/C25H22Cl2N2O4/c1-14-7-6-10-19-21(14)25(33)29(24(19)32)28(15(2)22(30)16-8-4-3-5-9-16)23(31)18-12-11-17(26)13-20(18)27/h3-9,11-15,19,21H,10H2,1-2H3/t14-,15-,19+,21-/m1/s1. The first kappa shape index (κ1) is 23.2. The van der Waals surface area contributed by atoms with Gasteiger partial charge in [-0.1, -0.05) is 72.6 Å². The van der Waals surface area contributed by atoms with Crippen LogP contribution in [0.15, 0.2) is 60.7 Å². The Bertz CT molecular complexity index is 1160. The van der Waals surface area contributed by atoms with Crippen LogP contribution in [0.3, 0.4) is 0 Å². The number of benzene rings is 2. The Morgan fingerprint density at radius 2 is 1.76 bits per heavy atom. The van der Waals surface area contributed by atoms with Gasteiger partial charge in [-0.2, -0.15) is 5.01 Å². The van der Waals surface area contributed by atoms with Crippen molar-refractivity contribution >= 4 is 46.7 Å². The number of rotatable bonds is 5. The van der Waals surface area contributed by atoms with Crippen molar-refractivity contribution < 1.29 is 19.2 Å². The Kier molecular flexibility index (Phi) is 6.41. The molecule has 4 atom stereocenters. The normalized spacial score (nSPS) is 22.8. The van der Waals surface area contributed by atoms with E-state index in [4.69, 9.17) is 23.2 Å². The molecule has 1 fully saturated rings. The van der Waals surface area contributed by atoms with Crippen LogP contribution in [0.25, 0.3) is 0 Å². The number of fused-ring (bicyclic) bond motifs is 1. The van der Waals surface area contributed by atoms with Crippen molar-refractivity contribution in [2.45, 2.75) is 26.3 Å². The summed E-state index contributed by atoms with van der Waals surface area (Å²) in [4.78, 5) is 53.8. The predicted molar refractivity (Wildman–Crippen MR) is 125 cm³/mol. The summed E-state index contributed by atoms with van der Waals surface area (Å²) in [6.07, 6.45) is 4.18. The first-order valence-electron chi connectivity index (χ1n) is 10.6. The highest BCUT2D eigenvalue weighted by atomic mass is 35.5. The highest BCUT2D eigenvalue weighted by Crippen LogP contribution is 2.40. The second-order valence-electron chi connectivity index (χ2n) is 8.32. The first-order chi connectivity index (χ1) is 15.7. The van der Waals surface area contributed by atoms with Crippen molar-refractivity contribution in [3.05, 3.63) is 81.9 Å². The van der Waals surface area contributed by atoms with E-state index in [9.17, 15) is 19.2 Å². The van der Waals surface area contributed by atoms with Crippen LogP contribution in [0, 0.1) is 17.8 Å². The maximum atomic E-state index is 13.7. The van der Waals surface area contributed by atoms with Gasteiger partial charge in [-0.25, -0.2) is 5.01 Å². The summed E-state index contributed by atoms with van der Waals surface area (Å²) >= 11 is 12.3. The van der Waals surface area contributed by atoms with Gasteiger partial charge in [-0.3, -0.25) is 19.2 Å². The zero-order chi connectivity index (χ0) is 23.9. The lowest BCUT2D eigenvalue weighted by molar-refractivity contribution is -0.156. The summed E-state index contributed by atoms with van der Waals surface area (Å²) in [5.74, 6) is -3.45. The Hall–Kier alpha value is -2.96. The molecule has 0 N–H and O–H groups in total. The van der Waals surface area contributed by atoms with Gasteiger partial charge in [0.05, 0.1) is 22.4 Å². The molecular formula is C25H22Cl2N2O4. The topological polar surface area (TPSA) is 74.8 Å². The van der Waals surface area contributed by atoms with E-state index in [1.807, 2.05) is 19.1 Å². The first-order valence-corrected chi connectivity index (χ1v) is 11.4. The Morgan fingerprint density at radius 1 is 1.06 bits per heavy atom. The van der Waals surface area contributed by atoms with Crippen molar-refractivity contribution in [2.75, 3.05) is 0 Å². The molecule has 0 radical (unpaired) electrons.